The van der Waals surface area contributed by atoms with E-state index >= 15 is 0 Å². The number of ether oxygens (including phenoxy) is 2. The summed E-state index contributed by atoms with van der Waals surface area (Å²) in [4.78, 5) is 6.96. The minimum Gasteiger partial charge on any atom is -0.493 e. The van der Waals surface area contributed by atoms with E-state index in [0.29, 0.717) is 30.4 Å². The molecule has 0 atom stereocenters. The average molecular weight is 437 g/mol. The molecule has 0 saturated carbocycles. The number of likely N-dealkylation sites (tertiary alicyclic amines) is 1. The maximum atomic E-state index is 5.96. The maximum Gasteiger partial charge on any atom is 0.322 e. The highest BCUT2D eigenvalue weighted by atomic mass is 16.5. The van der Waals surface area contributed by atoms with Gasteiger partial charge in [-0.1, -0.05) is 55.4 Å². The molecule has 1 saturated heterocycles. The third-order valence-corrected chi connectivity index (χ3v) is 5.58. The minimum absolute atomic E-state index is 0.330. The molecule has 170 valence electrons. The Kier molecular flexibility index (Phi) is 7.27. The Labute approximate surface area is 189 Å². The van der Waals surface area contributed by atoms with Gasteiger partial charge in [0.15, 0.2) is 11.5 Å². The summed E-state index contributed by atoms with van der Waals surface area (Å²) in [5, 5.41) is 7.49. The van der Waals surface area contributed by atoms with Gasteiger partial charge in [-0.15, -0.1) is 0 Å². The summed E-state index contributed by atoms with van der Waals surface area (Å²) in [5.41, 5.74) is 2.19. The van der Waals surface area contributed by atoms with E-state index in [4.69, 9.17) is 14.0 Å². The van der Waals surface area contributed by atoms with E-state index in [9.17, 15) is 0 Å². The first-order valence-corrected chi connectivity index (χ1v) is 11.3. The zero-order chi connectivity index (χ0) is 22.3. The summed E-state index contributed by atoms with van der Waals surface area (Å²) in [6.45, 7) is 7.87. The number of methoxy groups -OCH3 is 1. The van der Waals surface area contributed by atoms with Gasteiger partial charge < -0.3 is 19.3 Å². The average Bonchev–Trinajstić information content (AvgIpc) is 3.28. The molecule has 0 amide bonds. The molecule has 7 heteroatoms. The first-order valence-electron chi connectivity index (χ1n) is 11.3. The molecule has 32 heavy (non-hydrogen) atoms. The van der Waals surface area contributed by atoms with Crippen molar-refractivity contribution in [1.29, 1.82) is 0 Å². The Morgan fingerprint density at radius 1 is 1.09 bits per heavy atom. The molecule has 2 aromatic carbocycles. The zero-order valence-electron chi connectivity index (χ0n) is 19.1. The molecular weight excluding hydrogens is 404 g/mol. The molecule has 1 N–H and O–H groups in total. The van der Waals surface area contributed by atoms with Gasteiger partial charge in [0, 0.05) is 31.2 Å². The molecule has 1 fully saturated rings. The fourth-order valence-corrected chi connectivity index (χ4v) is 3.84. The smallest absolute Gasteiger partial charge is 0.322 e. The highest BCUT2D eigenvalue weighted by Crippen LogP contribution is 2.29. The minimum atomic E-state index is 0.330. The summed E-state index contributed by atoms with van der Waals surface area (Å²) in [5.74, 6) is 2.69. The van der Waals surface area contributed by atoms with Crippen LogP contribution in [0.25, 0.3) is 11.4 Å². The van der Waals surface area contributed by atoms with Crippen molar-refractivity contribution in [3.63, 3.8) is 0 Å². The van der Waals surface area contributed by atoms with Crippen LogP contribution in [0.1, 0.15) is 32.3 Å². The van der Waals surface area contributed by atoms with Gasteiger partial charge in [0.05, 0.1) is 13.7 Å². The number of hydrogen-bond acceptors (Lipinski definition) is 7. The van der Waals surface area contributed by atoms with Crippen molar-refractivity contribution in [2.75, 3.05) is 32.1 Å². The number of nitrogens with one attached hydrogen (secondary N) is 1. The summed E-state index contributed by atoms with van der Waals surface area (Å²) in [6, 6.07) is 16.9. The third kappa shape index (κ3) is 5.79. The van der Waals surface area contributed by atoms with Crippen LogP contribution in [0.4, 0.5) is 6.01 Å². The van der Waals surface area contributed by atoms with Crippen LogP contribution >= 0.6 is 0 Å². The van der Waals surface area contributed by atoms with Gasteiger partial charge in [-0.25, -0.2) is 0 Å². The van der Waals surface area contributed by atoms with Crippen molar-refractivity contribution in [3.05, 3.63) is 54.1 Å². The van der Waals surface area contributed by atoms with Crippen molar-refractivity contribution >= 4 is 6.01 Å². The van der Waals surface area contributed by atoms with Crippen molar-refractivity contribution in [1.82, 2.24) is 15.0 Å². The van der Waals surface area contributed by atoms with E-state index in [-0.39, 0.29) is 0 Å². The lowest BCUT2D eigenvalue weighted by molar-refractivity contribution is 0.209. The van der Waals surface area contributed by atoms with Gasteiger partial charge in [-0.05, 0) is 36.5 Å². The summed E-state index contributed by atoms with van der Waals surface area (Å²) < 4.78 is 16.8. The van der Waals surface area contributed by atoms with E-state index in [0.717, 1.165) is 49.5 Å². The molecule has 1 aliphatic heterocycles. The predicted octanol–water partition coefficient (Wildman–Crippen LogP) is 4.86. The molecule has 0 spiro atoms. The molecule has 1 aliphatic rings. The van der Waals surface area contributed by atoms with E-state index in [1.165, 1.54) is 5.56 Å². The second-order valence-electron chi connectivity index (χ2n) is 8.67. The number of hydrogen-bond donors (Lipinski definition) is 1. The van der Waals surface area contributed by atoms with Gasteiger partial charge in [-0.2, -0.15) is 4.98 Å². The molecule has 0 radical (unpaired) electrons. The number of benzene rings is 2. The number of anilines is 1. The van der Waals surface area contributed by atoms with Gasteiger partial charge in [0.1, 0.15) is 0 Å². The first-order chi connectivity index (χ1) is 15.6. The zero-order valence-corrected chi connectivity index (χ0v) is 19.1. The molecular formula is C25H32N4O3. The number of nitrogens with zero attached hydrogens (tertiary/aromatic N) is 3. The Hall–Kier alpha value is -3.06. The van der Waals surface area contributed by atoms with Crippen LogP contribution in [0.3, 0.4) is 0 Å². The topological polar surface area (TPSA) is 72.7 Å². The fourth-order valence-electron chi connectivity index (χ4n) is 3.84. The summed E-state index contributed by atoms with van der Waals surface area (Å²) in [7, 11) is 1.68. The van der Waals surface area contributed by atoms with E-state index in [1.54, 1.807) is 7.11 Å². The lowest BCUT2D eigenvalue weighted by Crippen LogP contribution is -2.38. The second-order valence-corrected chi connectivity index (χ2v) is 8.67. The Morgan fingerprint density at radius 3 is 2.59 bits per heavy atom. The highest BCUT2D eigenvalue weighted by molar-refractivity contribution is 5.55. The second kappa shape index (κ2) is 10.5. The summed E-state index contributed by atoms with van der Waals surface area (Å²) >= 11 is 0. The first kappa shape index (κ1) is 22.1. The van der Waals surface area contributed by atoms with Crippen LogP contribution in [0.2, 0.25) is 0 Å². The lowest BCUT2D eigenvalue weighted by atomic mass is 10.0. The van der Waals surface area contributed by atoms with Crippen molar-refractivity contribution in [3.8, 4) is 22.9 Å². The van der Waals surface area contributed by atoms with Gasteiger partial charge in [0.2, 0.25) is 5.82 Å². The van der Waals surface area contributed by atoms with E-state index in [2.05, 4.69) is 46.3 Å². The van der Waals surface area contributed by atoms with E-state index < -0.39 is 0 Å². The molecule has 4 rings (SSSR count). The van der Waals surface area contributed by atoms with Crippen LogP contribution in [-0.4, -0.2) is 47.9 Å². The lowest BCUT2D eigenvalue weighted by Gasteiger charge is -2.32. The Balaban J connectivity index is 1.29. The van der Waals surface area contributed by atoms with Crippen LogP contribution in [0.5, 0.6) is 11.5 Å². The largest absolute Gasteiger partial charge is 0.493 e. The molecule has 0 unspecified atom stereocenters. The van der Waals surface area contributed by atoms with E-state index in [1.807, 2.05) is 36.4 Å². The van der Waals surface area contributed by atoms with Crippen LogP contribution in [-0.2, 0) is 6.54 Å². The Bertz CT molecular complexity index is 982. The normalized spacial score (nSPS) is 15.1. The van der Waals surface area contributed by atoms with Crippen LogP contribution in [0, 0.1) is 5.92 Å². The van der Waals surface area contributed by atoms with Gasteiger partial charge in [0.25, 0.3) is 0 Å². The van der Waals surface area contributed by atoms with Crippen molar-refractivity contribution < 1.29 is 14.0 Å². The number of piperidine rings is 1. The molecule has 0 bridgehead atoms. The molecule has 3 aromatic rings. The summed E-state index contributed by atoms with van der Waals surface area (Å²) in [6.07, 6.45) is 2.05. The molecule has 0 aliphatic carbocycles. The predicted molar refractivity (Wildman–Crippen MR) is 125 cm³/mol. The quantitative estimate of drug-likeness (QED) is 0.514. The third-order valence-electron chi connectivity index (χ3n) is 5.58. The SMILES string of the molecule is COc1ccc(CN2CCC(Nc3nc(-c4ccccc4)no3)CC2)cc1OCC(C)C. The molecule has 7 nitrogen and oxygen atoms in total. The Morgan fingerprint density at radius 2 is 1.88 bits per heavy atom. The molecule has 2 heterocycles. The number of rotatable bonds is 9. The maximum absolute atomic E-state index is 5.96. The van der Waals surface area contributed by atoms with Gasteiger partial charge in [-0.3, -0.25) is 4.90 Å². The fraction of sp³-hybridized carbons (Fsp3) is 0.440. The monoisotopic (exact) mass is 436 g/mol. The van der Waals surface area contributed by atoms with Crippen LogP contribution < -0.4 is 14.8 Å². The van der Waals surface area contributed by atoms with Crippen molar-refractivity contribution in [2.24, 2.45) is 5.92 Å². The standard InChI is InChI=1S/C25H32N4O3/c1-18(2)17-31-23-15-19(9-10-22(23)30-3)16-29-13-11-21(12-14-29)26-25-27-24(28-32-25)20-7-5-4-6-8-20/h4-10,15,18,21H,11-14,16-17H2,1-3H3,(H,26,27,28). The van der Waals surface area contributed by atoms with Crippen LogP contribution in [0.15, 0.2) is 53.1 Å². The van der Waals surface area contributed by atoms with Crippen molar-refractivity contribution in [2.45, 2.75) is 39.3 Å². The van der Waals surface area contributed by atoms with Gasteiger partial charge >= 0.3 is 6.01 Å². The number of aromatic nitrogens is 2. The molecule has 1 aromatic heterocycles. The highest BCUT2D eigenvalue weighted by Gasteiger charge is 2.21.